The summed E-state index contributed by atoms with van der Waals surface area (Å²) in [6.45, 7) is 4.77. The lowest BCUT2D eigenvalue weighted by Crippen LogP contribution is -2.50. The molecule has 2 unspecified atom stereocenters. The molecule has 0 bridgehead atoms. The molecule has 3 N–H and O–H groups in total. The number of Topliss-reactive ketones (excluding diaryl/α,β-unsaturated/α-hetero) is 1. The summed E-state index contributed by atoms with van der Waals surface area (Å²) in [6.07, 6.45) is 6.63. The molecule has 0 aromatic rings. The number of carbonyl (C=O) groups is 4. The minimum absolute atomic E-state index is 0.312. The van der Waals surface area contributed by atoms with Crippen LogP contribution in [0, 0.1) is 5.92 Å². The molecule has 0 radical (unpaired) electrons. The first kappa shape index (κ1) is 23.2. The highest BCUT2D eigenvalue weighted by Crippen LogP contribution is 2.15. The number of hydrogen-bond acceptors (Lipinski definition) is 5. The molecule has 25 heavy (non-hydrogen) atoms. The molecule has 0 aromatic heterocycles. The zero-order valence-electron chi connectivity index (χ0n) is 15.6. The van der Waals surface area contributed by atoms with E-state index in [9.17, 15) is 19.2 Å². The fourth-order valence-electron chi connectivity index (χ4n) is 2.56. The molecule has 0 heterocycles. The van der Waals surface area contributed by atoms with Gasteiger partial charge in [-0.25, -0.2) is 0 Å². The van der Waals surface area contributed by atoms with E-state index in [2.05, 4.69) is 6.92 Å². The van der Waals surface area contributed by atoms with Crippen molar-refractivity contribution in [3.05, 3.63) is 0 Å². The first-order valence-electron chi connectivity index (χ1n) is 9.13. The summed E-state index contributed by atoms with van der Waals surface area (Å²) in [5, 5.41) is 8.97. The minimum Gasteiger partial charge on any atom is -0.480 e. The summed E-state index contributed by atoms with van der Waals surface area (Å²) in [4.78, 5) is 48.3. The van der Waals surface area contributed by atoms with E-state index < -0.39 is 42.1 Å². The van der Waals surface area contributed by atoms with Crippen molar-refractivity contribution in [2.24, 2.45) is 11.7 Å². The number of imide groups is 1. The van der Waals surface area contributed by atoms with Crippen LogP contribution in [0.1, 0.15) is 72.1 Å². The number of carboxylic acid groups (broad SMARTS) is 1. The van der Waals surface area contributed by atoms with Gasteiger partial charge in [-0.15, -0.1) is 0 Å². The fraction of sp³-hybridized carbons (Fsp3) is 0.778. The van der Waals surface area contributed by atoms with Crippen LogP contribution in [-0.4, -0.2) is 46.2 Å². The summed E-state index contributed by atoms with van der Waals surface area (Å²) in [6, 6.07) is -1.01. The lowest BCUT2D eigenvalue weighted by atomic mass is 10.00. The standard InChI is InChI=1S/C18H32N2O5/c1-4-6-7-8-9-11-13(3)17(24)20(12-15(21)22)18(25)16(23)14(19)10-5-2/h13-14H,4-12,19H2,1-3H3,(H,21,22). The molecule has 0 saturated heterocycles. The van der Waals surface area contributed by atoms with Gasteiger partial charge in [0.1, 0.15) is 6.54 Å². The highest BCUT2D eigenvalue weighted by atomic mass is 16.4. The van der Waals surface area contributed by atoms with E-state index in [0.717, 1.165) is 32.1 Å². The normalized spacial score (nSPS) is 13.1. The zero-order chi connectivity index (χ0) is 19.4. The topological polar surface area (TPSA) is 118 Å². The third kappa shape index (κ3) is 8.77. The molecule has 2 amide bonds. The van der Waals surface area contributed by atoms with Crippen LogP contribution in [-0.2, 0) is 19.2 Å². The predicted molar refractivity (Wildman–Crippen MR) is 94.8 cm³/mol. The van der Waals surface area contributed by atoms with Crippen molar-refractivity contribution in [3.8, 4) is 0 Å². The Balaban J connectivity index is 4.88. The Hall–Kier alpha value is -1.76. The van der Waals surface area contributed by atoms with Crippen LogP contribution in [0.5, 0.6) is 0 Å². The number of nitrogens with two attached hydrogens (primary N) is 1. The molecular weight excluding hydrogens is 324 g/mol. The van der Waals surface area contributed by atoms with E-state index in [1.807, 2.05) is 6.92 Å². The second kappa shape index (κ2) is 12.6. The number of aliphatic carboxylic acids is 1. The maximum atomic E-state index is 12.5. The molecule has 0 aliphatic rings. The lowest BCUT2D eigenvalue weighted by molar-refractivity contribution is -0.158. The number of amides is 2. The van der Waals surface area contributed by atoms with Crippen LogP contribution in [0.3, 0.4) is 0 Å². The van der Waals surface area contributed by atoms with Crippen molar-refractivity contribution in [1.29, 1.82) is 0 Å². The van der Waals surface area contributed by atoms with E-state index in [1.54, 1.807) is 6.92 Å². The fourth-order valence-corrected chi connectivity index (χ4v) is 2.56. The van der Waals surface area contributed by atoms with Gasteiger partial charge in [-0.3, -0.25) is 24.1 Å². The predicted octanol–water partition coefficient (Wildman–Crippen LogP) is 2.12. The summed E-state index contributed by atoms with van der Waals surface area (Å²) in [7, 11) is 0. The van der Waals surface area contributed by atoms with Gasteiger partial charge in [-0.1, -0.05) is 59.3 Å². The summed E-state index contributed by atoms with van der Waals surface area (Å²) in [5.41, 5.74) is 5.64. The number of carboxylic acids is 1. The Morgan fingerprint density at radius 1 is 0.960 bits per heavy atom. The Kier molecular flexibility index (Phi) is 11.7. The van der Waals surface area contributed by atoms with Crippen LogP contribution in [0.4, 0.5) is 0 Å². The summed E-state index contributed by atoms with van der Waals surface area (Å²) < 4.78 is 0. The van der Waals surface area contributed by atoms with Gasteiger partial charge in [0.15, 0.2) is 0 Å². The van der Waals surface area contributed by atoms with Crippen LogP contribution in [0.15, 0.2) is 0 Å². The van der Waals surface area contributed by atoms with Gasteiger partial charge in [-0.05, 0) is 12.8 Å². The summed E-state index contributed by atoms with van der Waals surface area (Å²) >= 11 is 0. The molecule has 0 rings (SSSR count). The van der Waals surface area contributed by atoms with Crippen molar-refractivity contribution in [3.63, 3.8) is 0 Å². The second-order valence-electron chi connectivity index (χ2n) is 6.49. The van der Waals surface area contributed by atoms with Gasteiger partial charge in [0.05, 0.1) is 6.04 Å². The Morgan fingerprint density at radius 3 is 2.08 bits per heavy atom. The van der Waals surface area contributed by atoms with Gasteiger partial charge in [0.2, 0.25) is 11.7 Å². The summed E-state index contributed by atoms with van der Waals surface area (Å²) in [5.74, 6) is -4.51. The van der Waals surface area contributed by atoms with E-state index >= 15 is 0 Å². The Bertz CT molecular complexity index is 464. The smallest absolute Gasteiger partial charge is 0.323 e. The van der Waals surface area contributed by atoms with Crippen molar-refractivity contribution in [1.82, 2.24) is 4.90 Å². The van der Waals surface area contributed by atoms with Gasteiger partial charge >= 0.3 is 5.97 Å². The van der Waals surface area contributed by atoms with Gasteiger partial charge < -0.3 is 10.8 Å². The molecule has 0 saturated carbocycles. The number of ketones is 1. The number of nitrogens with zero attached hydrogens (tertiary/aromatic N) is 1. The Labute approximate surface area is 149 Å². The molecule has 7 heteroatoms. The quantitative estimate of drug-likeness (QED) is 0.385. The van der Waals surface area contributed by atoms with Gasteiger partial charge in [-0.2, -0.15) is 0 Å². The molecule has 144 valence electrons. The van der Waals surface area contributed by atoms with E-state index in [1.165, 1.54) is 0 Å². The van der Waals surface area contributed by atoms with E-state index in [0.29, 0.717) is 24.2 Å². The highest BCUT2D eigenvalue weighted by molar-refractivity contribution is 6.40. The van der Waals surface area contributed by atoms with Crippen molar-refractivity contribution < 1.29 is 24.3 Å². The minimum atomic E-state index is -1.34. The molecule has 0 aliphatic heterocycles. The van der Waals surface area contributed by atoms with E-state index in [4.69, 9.17) is 10.8 Å². The molecule has 7 nitrogen and oxygen atoms in total. The van der Waals surface area contributed by atoms with Gasteiger partial charge in [0, 0.05) is 5.92 Å². The maximum Gasteiger partial charge on any atom is 0.323 e. The van der Waals surface area contributed by atoms with Crippen molar-refractivity contribution in [2.45, 2.75) is 78.2 Å². The number of rotatable bonds is 13. The molecule has 0 fully saturated rings. The van der Waals surface area contributed by atoms with E-state index in [-0.39, 0.29) is 0 Å². The first-order chi connectivity index (χ1) is 11.8. The van der Waals surface area contributed by atoms with Gasteiger partial charge in [0.25, 0.3) is 5.91 Å². The molecule has 0 spiro atoms. The monoisotopic (exact) mass is 356 g/mol. The second-order valence-corrected chi connectivity index (χ2v) is 6.49. The molecule has 0 aliphatic carbocycles. The number of hydrogen-bond donors (Lipinski definition) is 2. The van der Waals surface area contributed by atoms with Crippen LogP contribution in [0.2, 0.25) is 0 Å². The molecule has 0 aromatic carbocycles. The third-order valence-electron chi connectivity index (χ3n) is 4.11. The number of unbranched alkanes of at least 4 members (excludes halogenated alkanes) is 4. The van der Waals surface area contributed by atoms with Crippen molar-refractivity contribution in [2.75, 3.05) is 6.54 Å². The average Bonchev–Trinajstić information content (AvgIpc) is 2.57. The molecule has 2 atom stereocenters. The van der Waals surface area contributed by atoms with Crippen LogP contribution >= 0.6 is 0 Å². The maximum absolute atomic E-state index is 12.5. The van der Waals surface area contributed by atoms with Crippen LogP contribution < -0.4 is 5.73 Å². The Morgan fingerprint density at radius 2 is 1.56 bits per heavy atom. The lowest BCUT2D eigenvalue weighted by Gasteiger charge is -2.23. The SMILES string of the molecule is CCCCCCCC(C)C(=O)N(CC(=O)O)C(=O)C(=O)C(N)CCC. The molecular formula is C18H32N2O5. The zero-order valence-corrected chi connectivity index (χ0v) is 15.6. The largest absolute Gasteiger partial charge is 0.480 e. The van der Waals surface area contributed by atoms with Crippen molar-refractivity contribution >= 4 is 23.6 Å². The average molecular weight is 356 g/mol. The number of carbonyl (C=O) groups excluding carboxylic acids is 3. The first-order valence-corrected chi connectivity index (χ1v) is 9.13. The highest BCUT2D eigenvalue weighted by Gasteiger charge is 2.33. The third-order valence-corrected chi connectivity index (χ3v) is 4.11. The van der Waals surface area contributed by atoms with Crippen LogP contribution in [0.25, 0.3) is 0 Å².